The minimum Gasteiger partial charge on any atom is -0.186 e. The number of benzene rings is 2. The van der Waals surface area contributed by atoms with Gasteiger partial charge in [0.15, 0.2) is 0 Å². The van der Waals surface area contributed by atoms with Crippen molar-refractivity contribution in [2.75, 3.05) is 0 Å². The Kier molecular flexibility index (Phi) is 14.3. The summed E-state index contributed by atoms with van der Waals surface area (Å²) in [6.45, 7) is 2.40. The predicted octanol–water partition coefficient (Wildman–Crippen LogP) is 6.55. The molecular formula is C27H34O4. The second kappa shape index (κ2) is 16.9. The first kappa shape index (κ1) is 26.2. The molecule has 4 heteroatoms. The van der Waals surface area contributed by atoms with E-state index in [2.05, 4.69) is 67.6 Å². The monoisotopic (exact) mass is 422 g/mol. The summed E-state index contributed by atoms with van der Waals surface area (Å²) in [7, 11) is 0. The van der Waals surface area contributed by atoms with Gasteiger partial charge in [-0.05, 0) is 48.1 Å². The summed E-state index contributed by atoms with van der Waals surface area (Å²) in [5, 5.41) is 0. The summed E-state index contributed by atoms with van der Waals surface area (Å²) in [6.07, 6.45) is 13.3. The average Bonchev–Trinajstić information content (AvgIpc) is 2.83. The van der Waals surface area contributed by atoms with E-state index in [-0.39, 0.29) is 12.3 Å². The Labute approximate surface area is 186 Å². The first-order valence-electron chi connectivity index (χ1n) is 11.3. The van der Waals surface area contributed by atoms with Gasteiger partial charge in [-0.2, -0.15) is 19.2 Å². The lowest BCUT2D eigenvalue weighted by Gasteiger charge is -2.29. The van der Waals surface area contributed by atoms with Gasteiger partial charge in [-0.25, -0.2) is 0 Å². The van der Waals surface area contributed by atoms with Gasteiger partial charge in [-0.15, -0.1) is 0 Å². The number of hydrogen-bond acceptors (Lipinski definition) is 4. The molecule has 0 unspecified atom stereocenters. The van der Waals surface area contributed by atoms with E-state index >= 15 is 0 Å². The molecule has 0 saturated heterocycles. The molecule has 2 fully saturated rings. The third-order valence-corrected chi connectivity index (χ3v) is 6.22. The van der Waals surface area contributed by atoms with Gasteiger partial charge in [0.2, 0.25) is 0 Å². The molecule has 2 aromatic carbocycles. The molecule has 0 radical (unpaired) electrons. The van der Waals surface area contributed by atoms with E-state index in [1.165, 1.54) is 57.8 Å². The molecule has 0 N–H and O–H groups in total. The highest BCUT2D eigenvalue weighted by atomic mass is 16.2. The minimum absolute atomic E-state index is 0.250. The van der Waals surface area contributed by atoms with Crippen LogP contribution in [0.15, 0.2) is 60.7 Å². The van der Waals surface area contributed by atoms with Crippen LogP contribution in [0.4, 0.5) is 0 Å². The third kappa shape index (κ3) is 10.7. The Morgan fingerprint density at radius 2 is 1.00 bits per heavy atom. The van der Waals surface area contributed by atoms with Gasteiger partial charge >= 0.3 is 12.3 Å². The molecule has 0 amide bonds. The van der Waals surface area contributed by atoms with Crippen LogP contribution < -0.4 is 0 Å². The van der Waals surface area contributed by atoms with Gasteiger partial charge in [0.1, 0.15) is 0 Å². The molecule has 0 aromatic heterocycles. The standard InChI is InChI=1S/C13H18.C12H16.2CO2/c1-11-7-5-6-10-13(11)12-8-3-2-4-9-12;1-3-7-11(8-4-1)12-9-5-2-6-10-12;2*2-1-3/h2-4,8-9,11,13H,5-7,10H2,1H3;1,3-4,7-8,12H,2,5-6,9-10H2;;/t11-,13+;;;/m1.../s1. The van der Waals surface area contributed by atoms with E-state index in [1.807, 2.05) is 0 Å². The van der Waals surface area contributed by atoms with Crippen LogP contribution in [0.25, 0.3) is 0 Å². The van der Waals surface area contributed by atoms with Crippen molar-refractivity contribution in [3.8, 4) is 0 Å². The molecule has 4 rings (SSSR count). The maximum atomic E-state index is 8.12. The molecule has 4 nitrogen and oxygen atoms in total. The predicted molar refractivity (Wildman–Crippen MR) is 119 cm³/mol. The Hall–Kier alpha value is -2.80. The molecule has 166 valence electrons. The third-order valence-electron chi connectivity index (χ3n) is 6.22. The van der Waals surface area contributed by atoms with Crippen LogP contribution in [0, 0.1) is 5.92 Å². The second-order valence-corrected chi connectivity index (χ2v) is 8.19. The van der Waals surface area contributed by atoms with E-state index in [1.54, 1.807) is 11.1 Å². The number of rotatable bonds is 2. The van der Waals surface area contributed by atoms with Gasteiger partial charge in [0.25, 0.3) is 0 Å². The first-order chi connectivity index (χ1) is 15.2. The summed E-state index contributed by atoms with van der Waals surface area (Å²) in [5.41, 5.74) is 3.10. The van der Waals surface area contributed by atoms with E-state index in [4.69, 9.17) is 19.2 Å². The van der Waals surface area contributed by atoms with Crippen molar-refractivity contribution in [1.29, 1.82) is 0 Å². The zero-order valence-corrected chi connectivity index (χ0v) is 18.5. The van der Waals surface area contributed by atoms with Crippen LogP contribution in [-0.4, -0.2) is 12.3 Å². The molecular weight excluding hydrogens is 388 g/mol. The van der Waals surface area contributed by atoms with E-state index < -0.39 is 0 Å². The van der Waals surface area contributed by atoms with Crippen LogP contribution in [0.2, 0.25) is 0 Å². The van der Waals surface area contributed by atoms with Crippen LogP contribution in [-0.2, 0) is 19.2 Å². The molecule has 2 aliphatic carbocycles. The number of carbonyl (C=O) groups excluding carboxylic acids is 4. The fourth-order valence-electron chi connectivity index (χ4n) is 4.67. The number of hydrogen-bond donors (Lipinski definition) is 0. The topological polar surface area (TPSA) is 68.3 Å². The van der Waals surface area contributed by atoms with Crippen molar-refractivity contribution in [1.82, 2.24) is 0 Å². The van der Waals surface area contributed by atoms with Gasteiger partial charge < -0.3 is 0 Å². The largest absolute Gasteiger partial charge is 0.373 e. The molecule has 2 saturated carbocycles. The Bertz CT molecular complexity index is 742. The normalized spacial score (nSPS) is 20.0. The molecule has 0 aliphatic heterocycles. The smallest absolute Gasteiger partial charge is 0.186 e. The first-order valence-corrected chi connectivity index (χ1v) is 11.3. The summed E-state index contributed by atoms with van der Waals surface area (Å²) >= 11 is 0. The molecule has 0 spiro atoms. The van der Waals surface area contributed by atoms with Gasteiger partial charge in [0.05, 0.1) is 0 Å². The molecule has 0 heterocycles. The Morgan fingerprint density at radius 1 is 0.581 bits per heavy atom. The molecule has 2 atom stereocenters. The fraction of sp³-hybridized carbons (Fsp3) is 0.481. The van der Waals surface area contributed by atoms with E-state index in [9.17, 15) is 0 Å². The maximum Gasteiger partial charge on any atom is 0.373 e. The zero-order valence-electron chi connectivity index (χ0n) is 18.5. The quantitative estimate of drug-likeness (QED) is 0.550. The maximum absolute atomic E-state index is 8.12. The van der Waals surface area contributed by atoms with Crippen molar-refractivity contribution < 1.29 is 19.2 Å². The van der Waals surface area contributed by atoms with Gasteiger partial charge in [0, 0.05) is 0 Å². The van der Waals surface area contributed by atoms with Crippen molar-refractivity contribution in [2.24, 2.45) is 5.92 Å². The van der Waals surface area contributed by atoms with Crippen molar-refractivity contribution in [3.05, 3.63) is 71.8 Å². The highest BCUT2D eigenvalue weighted by Gasteiger charge is 2.22. The Morgan fingerprint density at radius 3 is 1.48 bits per heavy atom. The lowest BCUT2D eigenvalue weighted by Crippen LogP contribution is -2.14. The summed E-state index contributed by atoms with van der Waals surface area (Å²) in [4.78, 5) is 32.5. The van der Waals surface area contributed by atoms with Gasteiger partial charge in [-0.3, -0.25) is 0 Å². The fourth-order valence-corrected chi connectivity index (χ4v) is 4.67. The van der Waals surface area contributed by atoms with Crippen LogP contribution >= 0.6 is 0 Å². The van der Waals surface area contributed by atoms with Crippen LogP contribution in [0.3, 0.4) is 0 Å². The highest BCUT2D eigenvalue weighted by Crippen LogP contribution is 2.37. The van der Waals surface area contributed by atoms with Gasteiger partial charge in [-0.1, -0.05) is 106 Å². The van der Waals surface area contributed by atoms with Crippen LogP contribution in [0.1, 0.15) is 87.7 Å². The highest BCUT2D eigenvalue weighted by molar-refractivity contribution is 5.21. The molecule has 0 bridgehead atoms. The Balaban J connectivity index is 0.000000249. The van der Waals surface area contributed by atoms with Crippen molar-refractivity contribution in [2.45, 2.75) is 76.5 Å². The van der Waals surface area contributed by atoms with E-state index in [0.717, 1.165) is 17.8 Å². The lowest BCUT2D eigenvalue weighted by molar-refractivity contribution is -0.193. The molecule has 2 aromatic rings. The second-order valence-electron chi connectivity index (χ2n) is 8.19. The summed E-state index contributed by atoms with van der Waals surface area (Å²) < 4.78 is 0. The average molecular weight is 423 g/mol. The molecule has 2 aliphatic rings. The van der Waals surface area contributed by atoms with Crippen molar-refractivity contribution >= 4 is 12.3 Å². The summed E-state index contributed by atoms with van der Waals surface area (Å²) in [5.74, 6) is 2.58. The molecule has 31 heavy (non-hydrogen) atoms. The lowest BCUT2D eigenvalue weighted by atomic mass is 9.76. The SMILES string of the molecule is C[C@@H]1CCCC[C@@H]1c1ccccc1.O=C=O.O=C=O.c1ccc(C2CCCCC2)cc1. The minimum atomic E-state index is 0.250. The zero-order chi connectivity index (χ0) is 22.7. The van der Waals surface area contributed by atoms with Crippen LogP contribution in [0.5, 0.6) is 0 Å². The summed E-state index contributed by atoms with van der Waals surface area (Å²) in [6, 6.07) is 22.0. The van der Waals surface area contributed by atoms with E-state index in [0.29, 0.717) is 0 Å². The van der Waals surface area contributed by atoms with Crippen molar-refractivity contribution in [3.63, 3.8) is 0 Å².